The number of benzene rings is 1. The van der Waals surface area contributed by atoms with Gasteiger partial charge in [-0.1, -0.05) is 12.1 Å². The van der Waals surface area contributed by atoms with Crippen LogP contribution in [-0.4, -0.2) is 42.7 Å². The van der Waals surface area contributed by atoms with Crippen LogP contribution in [0.1, 0.15) is 5.56 Å². The largest absolute Gasteiger partial charge is 0.497 e. The molecule has 1 aromatic rings. The van der Waals surface area contributed by atoms with Gasteiger partial charge in [-0.3, -0.25) is 4.79 Å². The van der Waals surface area contributed by atoms with Crippen LogP contribution in [0.4, 0.5) is 0 Å². The van der Waals surface area contributed by atoms with Crippen LogP contribution < -0.4 is 4.74 Å². The van der Waals surface area contributed by atoms with Crippen molar-refractivity contribution >= 4 is 5.91 Å². The molecular formula is C13H17NO3. The molecule has 1 aliphatic rings. The Morgan fingerprint density at radius 1 is 1.53 bits per heavy atom. The predicted molar refractivity (Wildman–Crippen MR) is 63.9 cm³/mol. The van der Waals surface area contributed by atoms with Gasteiger partial charge in [-0.15, -0.1) is 0 Å². The van der Waals surface area contributed by atoms with Gasteiger partial charge in [-0.25, -0.2) is 0 Å². The summed E-state index contributed by atoms with van der Waals surface area (Å²) in [5, 5.41) is 8.89. The third-order valence-corrected chi connectivity index (χ3v) is 3.06. The highest BCUT2D eigenvalue weighted by Crippen LogP contribution is 2.18. The van der Waals surface area contributed by atoms with E-state index in [9.17, 15) is 4.79 Å². The lowest BCUT2D eigenvalue weighted by Gasteiger charge is -2.38. The van der Waals surface area contributed by atoms with Crippen LogP contribution in [0.3, 0.4) is 0 Å². The van der Waals surface area contributed by atoms with Crippen molar-refractivity contribution in [3.05, 3.63) is 29.8 Å². The van der Waals surface area contributed by atoms with Crippen LogP contribution in [0, 0.1) is 5.92 Å². The van der Waals surface area contributed by atoms with Gasteiger partial charge in [0.05, 0.1) is 13.5 Å². The van der Waals surface area contributed by atoms with Gasteiger partial charge in [-0.2, -0.15) is 0 Å². The molecule has 0 unspecified atom stereocenters. The molecule has 0 radical (unpaired) electrons. The Hall–Kier alpha value is -1.55. The Bertz CT molecular complexity index is 399. The van der Waals surface area contributed by atoms with Crippen LogP contribution in [0.2, 0.25) is 0 Å². The summed E-state index contributed by atoms with van der Waals surface area (Å²) in [5.74, 6) is 1.15. The zero-order valence-corrected chi connectivity index (χ0v) is 9.93. The molecule has 1 aliphatic heterocycles. The molecule has 1 heterocycles. The predicted octanol–water partition coefficient (Wildman–Crippen LogP) is 0.688. The number of likely N-dealkylation sites (tertiary alicyclic amines) is 1. The van der Waals surface area contributed by atoms with E-state index in [1.807, 2.05) is 24.3 Å². The highest BCUT2D eigenvalue weighted by Gasteiger charge is 2.29. The fourth-order valence-electron chi connectivity index (χ4n) is 1.96. The number of nitrogens with zero attached hydrogens (tertiary/aromatic N) is 1. The lowest BCUT2D eigenvalue weighted by Crippen LogP contribution is -2.51. The molecule has 0 atom stereocenters. The van der Waals surface area contributed by atoms with Crippen molar-refractivity contribution < 1.29 is 14.6 Å². The first-order chi connectivity index (χ1) is 8.22. The summed E-state index contributed by atoms with van der Waals surface area (Å²) in [5.41, 5.74) is 0.960. The maximum atomic E-state index is 11.9. The number of amides is 1. The van der Waals surface area contributed by atoms with Crippen molar-refractivity contribution in [1.29, 1.82) is 0 Å². The van der Waals surface area contributed by atoms with Crippen LogP contribution in [-0.2, 0) is 11.2 Å². The van der Waals surface area contributed by atoms with Gasteiger partial charge in [0.15, 0.2) is 0 Å². The van der Waals surface area contributed by atoms with Crippen LogP contribution in [0.15, 0.2) is 24.3 Å². The summed E-state index contributed by atoms with van der Waals surface area (Å²) < 4.78 is 5.11. The van der Waals surface area contributed by atoms with Gasteiger partial charge in [-0.05, 0) is 17.7 Å². The minimum absolute atomic E-state index is 0.114. The highest BCUT2D eigenvalue weighted by atomic mass is 16.5. The molecule has 92 valence electrons. The van der Waals surface area contributed by atoms with Crippen molar-refractivity contribution in [2.45, 2.75) is 6.42 Å². The van der Waals surface area contributed by atoms with E-state index >= 15 is 0 Å². The number of aliphatic hydroxyl groups excluding tert-OH is 1. The van der Waals surface area contributed by atoms with Gasteiger partial charge in [0.1, 0.15) is 5.75 Å². The first kappa shape index (κ1) is 11.9. The van der Waals surface area contributed by atoms with E-state index in [4.69, 9.17) is 9.84 Å². The van der Waals surface area contributed by atoms with Crippen LogP contribution in [0.25, 0.3) is 0 Å². The molecule has 0 bridgehead atoms. The molecule has 4 heteroatoms. The van der Waals surface area contributed by atoms with E-state index < -0.39 is 0 Å². The third kappa shape index (κ3) is 2.77. The molecule has 0 aliphatic carbocycles. The molecule has 4 nitrogen and oxygen atoms in total. The van der Waals surface area contributed by atoms with Gasteiger partial charge >= 0.3 is 0 Å². The molecule has 1 N–H and O–H groups in total. The monoisotopic (exact) mass is 235 g/mol. The first-order valence-electron chi connectivity index (χ1n) is 5.74. The quantitative estimate of drug-likeness (QED) is 0.835. The molecule has 0 saturated carbocycles. The molecule has 1 aromatic carbocycles. The van der Waals surface area contributed by atoms with Gasteiger partial charge in [0.25, 0.3) is 0 Å². The zero-order chi connectivity index (χ0) is 12.3. The molecule has 17 heavy (non-hydrogen) atoms. The lowest BCUT2D eigenvalue weighted by molar-refractivity contribution is -0.137. The van der Waals surface area contributed by atoms with Crippen molar-refractivity contribution in [3.8, 4) is 5.75 Å². The minimum Gasteiger partial charge on any atom is -0.497 e. The number of carbonyl (C=O) groups is 1. The maximum absolute atomic E-state index is 11.9. The van der Waals surface area contributed by atoms with E-state index in [1.54, 1.807) is 12.0 Å². The number of rotatable bonds is 4. The number of carbonyl (C=O) groups excluding carboxylic acids is 1. The zero-order valence-electron chi connectivity index (χ0n) is 9.93. The van der Waals surface area contributed by atoms with E-state index in [-0.39, 0.29) is 18.4 Å². The van der Waals surface area contributed by atoms with Crippen molar-refractivity contribution in [2.24, 2.45) is 5.92 Å². The van der Waals surface area contributed by atoms with Crippen molar-refractivity contribution in [2.75, 3.05) is 26.8 Å². The van der Waals surface area contributed by atoms with Gasteiger partial charge in [0.2, 0.25) is 5.91 Å². The Morgan fingerprint density at radius 3 is 2.94 bits per heavy atom. The number of aliphatic hydroxyl groups is 1. The fraction of sp³-hybridized carbons (Fsp3) is 0.462. The van der Waals surface area contributed by atoms with E-state index in [0.717, 1.165) is 11.3 Å². The molecule has 0 aromatic heterocycles. The third-order valence-electron chi connectivity index (χ3n) is 3.06. The smallest absolute Gasteiger partial charge is 0.227 e. The summed E-state index contributed by atoms with van der Waals surface area (Å²) in [7, 11) is 1.61. The molecule has 1 fully saturated rings. The summed E-state index contributed by atoms with van der Waals surface area (Å²) >= 11 is 0. The van der Waals surface area contributed by atoms with Crippen LogP contribution in [0.5, 0.6) is 5.75 Å². The molecule has 2 rings (SSSR count). The van der Waals surface area contributed by atoms with Crippen LogP contribution >= 0.6 is 0 Å². The summed E-state index contributed by atoms with van der Waals surface area (Å²) in [4.78, 5) is 13.6. The Balaban J connectivity index is 1.90. The Morgan fingerprint density at radius 2 is 2.29 bits per heavy atom. The lowest BCUT2D eigenvalue weighted by atomic mass is 10.00. The van der Waals surface area contributed by atoms with E-state index in [0.29, 0.717) is 19.5 Å². The van der Waals surface area contributed by atoms with Gasteiger partial charge < -0.3 is 14.7 Å². The molecule has 1 amide bonds. The molecule has 1 saturated heterocycles. The fourth-order valence-corrected chi connectivity index (χ4v) is 1.96. The SMILES string of the molecule is COc1cccc(CC(=O)N2CC(CO)C2)c1. The molecule has 0 spiro atoms. The Kier molecular flexibility index (Phi) is 3.64. The highest BCUT2D eigenvalue weighted by molar-refractivity contribution is 5.79. The Labute approximate surface area is 101 Å². The summed E-state index contributed by atoms with van der Waals surface area (Å²) in [6.07, 6.45) is 0.398. The topological polar surface area (TPSA) is 49.8 Å². The van der Waals surface area contributed by atoms with E-state index in [1.165, 1.54) is 0 Å². The van der Waals surface area contributed by atoms with Crippen molar-refractivity contribution in [3.63, 3.8) is 0 Å². The number of methoxy groups -OCH3 is 1. The van der Waals surface area contributed by atoms with E-state index in [2.05, 4.69) is 0 Å². The summed E-state index contributed by atoms with van der Waals surface area (Å²) in [6, 6.07) is 7.54. The maximum Gasteiger partial charge on any atom is 0.227 e. The number of hydrogen-bond donors (Lipinski definition) is 1. The number of hydrogen-bond acceptors (Lipinski definition) is 3. The minimum atomic E-state index is 0.114. The van der Waals surface area contributed by atoms with Gasteiger partial charge in [0, 0.05) is 25.6 Å². The molecular weight excluding hydrogens is 218 g/mol. The average molecular weight is 235 g/mol. The number of ether oxygens (including phenoxy) is 1. The average Bonchev–Trinajstić information content (AvgIpc) is 2.28. The standard InChI is InChI=1S/C13H17NO3/c1-17-12-4-2-3-10(5-12)6-13(16)14-7-11(8-14)9-15/h2-5,11,15H,6-9H2,1H3. The second kappa shape index (κ2) is 5.19. The normalized spacial score (nSPS) is 15.5. The first-order valence-corrected chi connectivity index (χ1v) is 5.74. The second-order valence-corrected chi connectivity index (χ2v) is 4.38. The summed E-state index contributed by atoms with van der Waals surface area (Å²) in [6.45, 7) is 1.53. The second-order valence-electron chi connectivity index (χ2n) is 4.38. The van der Waals surface area contributed by atoms with Crippen molar-refractivity contribution in [1.82, 2.24) is 4.90 Å².